The number of likely N-dealkylation sites (N-methyl/N-ethyl adjacent to an activating group) is 1. The summed E-state index contributed by atoms with van der Waals surface area (Å²) in [5.74, 6) is -0.832. The summed E-state index contributed by atoms with van der Waals surface area (Å²) >= 11 is 7.21. The van der Waals surface area contributed by atoms with Crippen LogP contribution in [0.4, 0.5) is 5.69 Å². The molecular formula is C15H18ClN3O3S. The minimum absolute atomic E-state index is 0.00229. The van der Waals surface area contributed by atoms with Crippen LogP contribution in [0.2, 0.25) is 5.02 Å². The number of thioether (sulfide) groups is 1. The third kappa shape index (κ3) is 4.62. The average molecular weight is 356 g/mol. The van der Waals surface area contributed by atoms with Gasteiger partial charge in [0.2, 0.25) is 17.7 Å². The van der Waals surface area contributed by atoms with Crippen LogP contribution in [0.5, 0.6) is 0 Å². The fourth-order valence-corrected chi connectivity index (χ4v) is 3.38. The first-order valence-corrected chi connectivity index (χ1v) is 8.50. The molecule has 0 spiro atoms. The monoisotopic (exact) mass is 355 g/mol. The highest BCUT2D eigenvalue weighted by atomic mass is 35.5. The van der Waals surface area contributed by atoms with Gasteiger partial charge in [-0.2, -0.15) is 0 Å². The van der Waals surface area contributed by atoms with Gasteiger partial charge in [-0.15, -0.1) is 11.8 Å². The molecule has 2 atom stereocenters. The molecule has 1 aromatic carbocycles. The van der Waals surface area contributed by atoms with Crippen molar-refractivity contribution in [3.63, 3.8) is 0 Å². The maximum absolute atomic E-state index is 12.1. The molecular weight excluding hydrogens is 338 g/mol. The maximum Gasteiger partial charge on any atom is 0.242 e. The summed E-state index contributed by atoms with van der Waals surface area (Å²) in [6, 6.07) is 4.59. The number of fused-ring (bicyclic) bond motifs is 1. The van der Waals surface area contributed by atoms with Crippen molar-refractivity contribution in [2.45, 2.75) is 36.5 Å². The Hall–Kier alpha value is -1.73. The van der Waals surface area contributed by atoms with Gasteiger partial charge in [0.15, 0.2) is 0 Å². The third-order valence-corrected chi connectivity index (χ3v) is 4.76. The molecule has 1 aromatic rings. The molecule has 23 heavy (non-hydrogen) atoms. The zero-order valence-electron chi connectivity index (χ0n) is 12.8. The number of carbonyl (C=O) groups is 3. The molecule has 3 amide bonds. The van der Waals surface area contributed by atoms with Crippen LogP contribution in [0.15, 0.2) is 23.1 Å². The second kappa shape index (κ2) is 7.70. The van der Waals surface area contributed by atoms with Crippen molar-refractivity contribution in [2.75, 3.05) is 11.9 Å². The summed E-state index contributed by atoms with van der Waals surface area (Å²) < 4.78 is 0. The SMILES string of the molecule is CCNC(=O)[C@H](C)NC(=O)C[C@@H]1Sc2ccc(Cl)cc2NC1=O. The zero-order chi connectivity index (χ0) is 17.0. The fraction of sp³-hybridized carbons (Fsp3) is 0.400. The molecule has 0 radical (unpaired) electrons. The molecule has 0 aromatic heterocycles. The summed E-state index contributed by atoms with van der Waals surface area (Å²) in [6.07, 6.45) is 0.00229. The van der Waals surface area contributed by atoms with Crippen molar-refractivity contribution in [3.05, 3.63) is 23.2 Å². The van der Waals surface area contributed by atoms with Gasteiger partial charge < -0.3 is 16.0 Å². The number of hydrogen-bond acceptors (Lipinski definition) is 4. The van der Waals surface area contributed by atoms with E-state index in [-0.39, 0.29) is 24.1 Å². The standard InChI is InChI=1S/C15H18ClN3O3S/c1-3-17-14(21)8(2)18-13(20)7-12-15(22)19-10-6-9(16)4-5-11(10)23-12/h4-6,8,12H,3,7H2,1-2H3,(H,17,21)(H,18,20)(H,19,22)/t8-,12-/m0/s1. The maximum atomic E-state index is 12.1. The van der Waals surface area contributed by atoms with Crippen LogP contribution in [0.1, 0.15) is 20.3 Å². The van der Waals surface area contributed by atoms with Gasteiger partial charge in [0, 0.05) is 22.9 Å². The molecule has 124 valence electrons. The van der Waals surface area contributed by atoms with Crippen molar-refractivity contribution >= 4 is 46.8 Å². The lowest BCUT2D eigenvalue weighted by molar-refractivity contribution is -0.129. The van der Waals surface area contributed by atoms with Crippen LogP contribution in [0.25, 0.3) is 0 Å². The van der Waals surface area contributed by atoms with E-state index in [1.165, 1.54) is 11.8 Å². The van der Waals surface area contributed by atoms with Crippen molar-refractivity contribution in [1.82, 2.24) is 10.6 Å². The van der Waals surface area contributed by atoms with Crippen molar-refractivity contribution in [1.29, 1.82) is 0 Å². The van der Waals surface area contributed by atoms with E-state index in [2.05, 4.69) is 16.0 Å². The predicted octanol–water partition coefficient (Wildman–Crippen LogP) is 1.78. The van der Waals surface area contributed by atoms with Gasteiger partial charge in [0.1, 0.15) is 6.04 Å². The van der Waals surface area contributed by atoms with E-state index >= 15 is 0 Å². The first-order valence-electron chi connectivity index (χ1n) is 7.25. The summed E-state index contributed by atoms with van der Waals surface area (Å²) in [7, 11) is 0. The summed E-state index contributed by atoms with van der Waals surface area (Å²) in [6.45, 7) is 3.91. The number of nitrogens with one attached hydrogen (secondary N) is 3. The van der Waals surface area contributed by atoms with E-state index in [1.54, 1.807) is 26.0 Å². The second-order valence-corrected chi connectivity index (χ2v) is 6.81. The van der Waals surface area contributed by atoms with Crippen LogP contribution >= 0.6 is 23.4 Å². The van der Waals surface area contributed by atoms with Gasteiger partial charge in [-0.3, -0.25) is 14.4 Å². The first kappa shape index (κ1) is 17.6. The molecule has 1 aliphatic rings. The minimum Gasteiger partial charge on any atom is -0.355 e. The lowest BCUT2D eigenvalue weighted by Crippen LogP contribution is -2.46. The van der Waals surface area contributed by atoms with Gasteiger partial charge in [-0.1, -0.05) is 11.6 Å². The Balaban J connectivity index is 1.95. The van der Waals surface area contributed by atoms with E-state index in [4.69, 9.17) is 11.6 Å². The summed E-state index contributed by atoms with van der Waals surface area (Å²) in [4.78, 5) is 36.6. The molecule has 8 heteroatoms. The Kier molecular flexibility index (Phi) is 5.90. The van der Waals surface area contributed by atoms with Crippen LogP contribution in [-0.2, 0) is 14.4 Å². The zero-order valence-corrected chi connectivity index (χ0v) is 14.4. The molecule has 0 fully saturated rings. The Morgan fingerprint density at radius 2 is 2.17 bits per heavy atom. The largest absolute Gasteiger partial charge is 0.355 e. The number of amides is 3. The molecule has 0 bridgehead atoms. The Labute approximate surface area is 143 Å². The molecule has 0 saturated heterocycles. The van der Waals surface area contributed by atoms with Crippen LogP contribution in [-0.4, -0.2) is 35.6 Å². The van der Waals surface area contributed by atoms with E-state index in [0.717, 1.165) is 4.90 Å². The molecule has 1 aliphatic heterocycles. The summed E-state index contributed by atoms with van der Waals surface area (Å²) in [5.41, 5.74) is 0.653. The molecule has 0 unspecified atom stereocenters. The van der Waals surface area contributed by atoms with E-state index in [9.17, 15) is 14.4 Å². The highest BCUT2D eigenvalue weighted by Gasteiger charge is 2.29. The highest BCUT2D eigenvalue weighted by Crippen LogP contribution is 2.38. The average Bonchev–Trinajstić information content (AvgIpc) is 2.48. The quantitative estimate of drug-likeness (QED) is 0.751. The third-order valence-electron chi connectivity index (χ3n) is 3.25. The molecule has 3 N–H and O–H groups in total. The van der Waals surface area contributed by atoms with Gasteiger partial charge in [-0.25, -0.2) is 0 Å². The van der Waals surface area contributed by atoms with Crippen molar-refractivity contribution < 1.29 is 14.4 Å². The van der Waals surface area contributed by atoms with Gasteiger partial charge in [0.05, 0.1) is 10.9 Å². The van der Waals surface area contributed by atoms with Gasteiger partial charge >= 0.3 is 0 Å². The first-order chi connectivity index (χ1) is 10.9. The molecule has 2 rings (SSSR count). The number of halogens is 1. The molecule has 6 nitrogen and oxygen atoms in total. The van der Waals surface area contributed by atoms with Gasteiger partial charge in [-0.05, 0) is 32.0 Å². The van der Waals surface area contributed by atoms with E-state index in [1.807, 2.05) is 6.07 Å². The topological polar surface area (TPSA) is 87.3 Å². The Bertz CT molecular complexity index is 638. The van der Waals surface area contributed by atoms with Crippen molar-refractivity contribution in [3.8, 4) is 0 Å². The molecule has 0 aliphatic carbocycles. The second-order valence-electron chi connectivity index (χ2n) is 5.12. The lowest BCUT2D eigenvalue weighted by Gasteiger charge is -2.24. The molecule has 1 heterocycles. The number of hydrogen-bond donors (Lipinski definition) is 3. The van der Waals surface area contributed by atoms with Crippen LogP contribution in [0.3, 0.4) is 0 Å². The summed E-state index contributed by atoms with van der Waals surface area (Å²) in [5, 5.41) is 7.98. The Morgan fingerprint density at radius 3 is 2.87 bits per heavy atom. The predicted molar refractivity (Wildman–Crippen MR) is 90.6 cm³/mol. The fourth-order valence-electron chi connectivity index (χ4n) is 2.12. The normalized spacial score (nSPS) is 17.7. The minimum atomic E-state index is -0.634. The van der Waals surface area contributed by atoms with E-state index in [0.29, 0.717) is 17.3 Å². The lowest BCUT2D eigenvalue weighted by atomic mass is 10.2. The number of rotatable bonds is 5. The number of anilines is 1. The Morgan fingerprint density at radius 1 is 1.43 bits per heavy atom. The smallest absolute Gasteiger partial charge is 0.242 e. The van der Waals surface area contributed by atoms with E-state index < -0.39 is 11.3 Å². The molecule has 0 saturated carbocycles. The van der Waals surface area contributed by atoms with Gasteiger partial charge in [0.25, 0.3) is 0 Å². The van der Waals surface area contributed by atoms with Crippen LogP contribution < -0.4 is 16.0 Å². The van der Waals surface area contributed by atoms with Crippen molar-refractivity contribution in [2.24, 2.45) is 0 Å². The number of carbonyl (C=O) groups excluding carboxylic acids is 3. The number of benzene rings is 1. The van der Waals surface area contributed by atoms with Crippen LogP contribution in [0, 0.1) is 0 Å². The highest BCUT2D eigenvalue weighted by molar-refractivity contribution is 8.01.